The summed E-state index contributed by atoms with van der Waals surface area (Å²) in [6.07, 6.45) is 1.06. The van der Waals surface area contributed by atoms with E-state index < -0.39 is 6.10 Å². The number of aromatic nitrogens is 1. The number of aryl methyl sites for hydroxylation is 1. The van der Waals surface area contributed by atoms with Gasteiger partial charge >= 0.3 is 0 Å². The fraction of sp³-hybridized carbons (Fsp3) is 0.385. The van der Waals surface area contributed by atoms with Crippen LogP contribution in [0, 0.1) is 0 Å². The number of carbonyl (C=O) groups is 1. The van der Waals surface area contributed by atoms with Gasteiger partial charge in [-0.1, -0.05) is 11.6 Å². The molecular formula is C13H14ClN3O3S. The number of halogens is 1. The van der Waals surface area contributed by atoms with Gasteiger partial charge < -0.3 is 19.9 Å². The van der Waals surface area contributed by atoms with Gasteiger partial charge in [0.05, 0.1) is 26.7 Å². The predicted octanol–water partition coefficient (Wildman–Crippen LogP) is 1.18. The van der Waals surface area contributed by atoms with Gasteiger partial charge in [-0.25, -0.2) is 0 Å². The van der Waals surface area contributed by atoms with E-state index in [0.29, 0.717) is 33.3 Å². The molecule has 1 unspecified atom stereocenters. The zero-order chi connectivity index (χ0) is 15.0. The number of hydrogen-bond donors (Lipinski definition) is 2. The third-order valence-corrected chi connectivity index (χ3v) is 4.76. The van der Waals surface area contributed by atoms with Crippen LogP contribution in [0.25, 0.3) is 10.1 Å². The van der Waals surface area contributed by atoms with E-state index in [1.54, 1.807) is 19.3 Å². The molecule has 1 atom stereocenters. The molecule has 0 radical (unpaired) electrons. The number of rotatable bonds is 2. The predicted molar refractivity (Wildman–Crippen MR) is 83.3 cm³/mol. The first kappa shape index (κ1) is 14.5. The van der Waals surface area contributed by atoms with Crippen molar-refractivity contribution in [2.45, 2.75) is 6.10 Å². The summed E-state index contributed by atoms with van der Waals surface area (Å²) >= 11 is 7.42. The maximum absolute atomic E-state index is 12.1. The summed E-state index contributed by atoms with van der Waals surface area (Å²) in [6.45, 7) is 1.74. The number of ether oxygens (including phenoxy) is 1. The number of nitrogens with one attached hydrogen (secondary N) is 2. The highest BCUT2D eigenvalue weighted by Gasteiger charge is 2.22. The molecule has 112 valence electrons. The van der Waals surface area contributed by atoms with Gasteiger partial charge in [-0.3, -0.25) is 9.59 Å². The molecule has 0 aromatic carbocycles. The van der Waals surface area contributed by atoms with Crippen molar-refractivity contribution in [3.63, 3.8) is 0 Å². The third-order valence-electron chi connectivity index (χ3n) is 3.27. The minimum absolute atomic E-state index is 0.137. The summed E-state index contributed by atoms with van der Waals surface area (Å²) in [7, 11) is 1.64. The Kier molecular flexibility index (Phi) is 3.99. The van der Waals surface area contributed by atoms with Crippen LogP contribution < -0.4 is 16.2 Å². The second kappa shape index (κ2) is 5.76. The van der Waals surface area contributed by atoms with Crippen LogP contribution in [-0.4, -0.2) is 36.3 Å². The molecule has 2 aromatic rings. The minimum atomic E-state index is -0.512. The van der Waals surface area contributed by atoms with Gasteiger partial charge in [0.15, 0.2) is 0 Å². The monoisotopic (exact) mass is 327 g/mol. The van der Waals surface area contributed by atoms with Gasteiger partial charge in [0, 0.05) is 26.3 Å². The van der Waals surface area contributed by atoms with Crippen molar-refractivity contribution < 1.29 is 9.53 Å². The number of carbonyl (C=O) groups excluding carboxylic acids is 1. The molecule has 1 aliphatic heterocycles. The molecule has 1 fully saturated rings. The molecule has 0 spiro atoms. The number of anilines is 1. The van der Waals surface area contributed by atoms with E-state index in [0.717, 1.165) is 6.54 Å². The standard InChI is InChI=1S/C13H14ClN3O3S/c1-17-6-8(14)11-7(13(17)19)4-10(21-11)16-12(18)9-5-15-2-3-20-9/h4,6,9,15H,2-3,5H2,1H3,(H,16,18). The molecule has 1 aliphatic rings. The highest BCUT2D eigenvalue weighted by atomic mass is 35.5. The molecular weight excluding hydrogens is 314 g/mol. The Morgan fingerprint density at radius 2 is 2.43 bits per heavy atom. The molecule has 6 nitrogen and oxygen atoms in total. The molecule has 1 amide bonds. The van der Waals surface area contributed by atoms with E-state index in [4.69, 9.17) is 16.3 Å². The van der Waals surface area contributed by atoms with E-state index in [1.807, 2.05) is 0 Å². The Morgan fingerprint density at radius 1 is 1.62 bits per heavy atom. The van der Waals surface area contributed by atoms with Crippen molar-refractivity contribution >= 4 is 43.9 Å². The average molecular weight is 328 g/mol. The lowest BCUT2D eigenvalue weighted by Gasteiger charge is -2.22. The molecule has 3 rings (SSSR count). The maximum atomic E-state index is 12.1. The van der Waals surface area contributed by atoms with Crippen molar-refractivity contribution in [1.29, 1.82) is 0 Å². The van der Waals surface area contributed by atoms with E-state index in [9.17, 15) is 9.59 Å². The van der Waals surface area contributed by atoms with Crippen LogP contribution in [0.2, 0.25) is 5.02 Å². The largest absolute Gasteiger partial charge is 0.366 e. The summed E-state index contributed by atoms with van der Waals surface area (Å²) in [4.78, 5) is 24.1. The molecule has 0 bridgehead atoms. The van der Waals surface area contributed by atoms with Crippen LogP contribution in [0.1, 0.15) is 0 Å². The second-order valence-corrected chi connectivity index (χ2v) is 6.26. The van der Waals surface area contributed by atoms with Gasteiger partial charge in [-0.05, 0) is 6.07 Å². The fourth-order valence-electron chi connectivity index (χ4n) is 2.20. The maximum Gasteiger partial charge on any atom is 0.259 e. The van der Waals surface area contributed by atoms with Crippen LogP contribution in [0.3, 0.4) is 0 Å². The zero-order valence-corrected chi connectivity index (χ0v) is 12.9. The summed E-state index contributed by atoms with van der Waals surface area (Å²) in [6, 6.07) is 1.66. The van der Waals surface area contributed by atoms with E-state index >= 15 is 0 Å². The second-order valence-electron chi connectivity index (χ2n) is 4.80. The van der Waals surface area contributed by atoms with Crippen LogP contribution >= 0.6 is 22.9 Å². The molecule has 3 heterocycles. The van der Waals surface area contributed by atoms with Crippen LogP contribution in [0.15, 0.2) is 17.1 Å². The van der Waals surface area contributed by atoms with Crippen molar-refractivity contribution in [1.82, 2.24) is 9.88 Å². The fourth-order valence-corrected chi connectivity index (χ4v) is 3.52. The Hall–Kier alpha value is -1.41. The number of amides is 1. The highest BCUT2D eigenvalue weighted by Crippen LogP contribution is 2.32. The van der Waals surface area contributed by atoms with Gasteiger partial charge in [0.25, 0.3) is 11.5 Å². The van der Waals surface area contributed by atoms with Crippen molar-refractivity contribution in [3.05, 3.63) is 27.6 Å². The lowest BCUT2D eigenvalue weighted by Crippen LogP contribution is -2.45. The van der Waals surface area contributed by atoms with Gasteiger partial charge in [-0.2, -0.15) is 0 Å². The first-order valence-corrected chi connectivity index (χ1v) is 7.67. The Labute approximate surface area is 129 Å². The number of pyridine rings is 1. The van der Waals surface area contributed by atoms with E-state index in [-0.39, 0.29) is 11.5 Å². The molecule has 2 aromatic heterocycles. The topological polar surface area (TPSA) is 72.4 Å². The molecule has 0 saturated carbocycles. The number of nitrogens with zero attached hydrogens (tertiary/aromatic N) is 1. The first-order chi connectivity index (χ1) is 10.1. The van der Waals surface area contributed by atoms with E-state index in [2.05, 4.69) is 10.6 Å². The summed E-state index contributed by atoms with van der Waals surface area (Å²) in [5.41, 5.74) is -0.137. The molecule has 0 aliphatic carbocycles. The number of fused-ring (bicyclic) bond motifs is 1. The van der Waals surface area contributed by atoms with Gasteiger partial charge in [0.2, 0.25) is 0 Å². The first-order valence-electron chi connectivity index (χ1n) is 6.48. The lowest BCUT2D eigenvalue weighted by molar-refractivity contribution is -0.128. The summed E-state index contributed by atoms with van der Waals surface area (Å²) in [5.74, 6) is -0.221. The Bertz CT molecular complexity index is 749. The minimum Gasteiger partial charge on any atom is -0.366 e. The Balaban J connectivity index is 1.88. The van der Waals surface area contributed by atoms with Crippen molar-refractivity contribution in [2.24, 2.45) is 7.05 Å². The number of hydrogen-bond acceptors (Lipinski definition) is 5. The highest BCUT2D eigenvalue weighted by molar-refractivity contribution is 7.23. The molecule has 1 saturated heterocycles. The van der Waals surface area contributed by atoms with Gasteiger partial charge in [0.1, 0.15) is 6.10 Å². The van der Waals surface area contributed by atoms with Crippen molar-refractivity contribution in [3.8, 4) is 0 Å². The van der Waals surface area contributed by atoms with Crippen molar-refractivity contribution in [2.75, 3.05) is 25.0 Å². The summed E-state index contributed by atoms with van der Waals surface area (Å²) < 4.78 is 7.50. The number of morpholine rings is 1. The Morgan fingerprint density at radius 3 is 3.14 bits per heavy atom. The van der Waals surface area contributed by atoms with Gasteiger partial charge in [-0.15, -0.1) is 11.3 Å². The molecule has 2 N–H and O–H groups in total. The smallest absolute Gasteiger partial charge is 0.259 e. The van der Waals surface area contributed by atoms with Crippen LogP contribution in [0.4, 0.5) is 5.00 Å². The normalized spacial score (nSPS) is 18.9. The summed E-state index contributed by atoms with van der Waals surface area (Å²) in [5, 5.41) is 7.47. The quantitative estimate of drug-likeness (QED) is 0.869. The molecule has 21 heavy (non-hydrogen) atoms. The third kappa shape index (κ3) is 2.82. The number of thiophene rings is 1. The van der Waals surface area contributed by atoms with Crippen LogP contribution in [-0.2, 0) is 16.6 Å². The molecule has 8 heteroatoms. The average Bonchev–Trinajstić information content (AvgIpc) is 2.90. The SMILES string of the molecule is Cn1cc(Cl)c2sc(NC(=O)C3CNCCO3)cc2c1=O. The zero-order valence-electron chi connectivity index (χ0n) is 11.3. The van der Waals surface area contributed by atoms with E-state index in [1.165, 1.54) is 15.9 Å². The lowest BCUT2D eigenvalue weighted by atomic mass is 10.3. The van der Waals surface area contributed by atoms with Crippen LogP contribution in [0.5, 0.6) is 0 Å².